The van der Waals surface area contributed by atoms with Crippen LogP contribution in [0.2, 0.25) is 0 Å². The summed E-state index contributed by atoms with van der Waals surface area (Å²) in [4.78, 5) is 12.2. The summed E-state index contributed by atoms with van der Waals surface area (Å²) in [7, 11) is 0. The number of halogens is 3. The van der Waals surface area contributed by atoms with Crippen molar-refractivity contribution in [2.45, 2.75) is 31.0 Å². The fourth-order valence-corrected chi connectivity index (χ4v) is 3.31. The molecule has 7 heteroatoms. The summed E-state index contributed by atoms with van der Waals surface area (Å²) in [6.45, 7) is -0.00672. The SMILES string of the molecule is CSCC(CCO)NC(=O)C1CC1c1cccc(C(F)(F)F)c1. The lowest BCUT2D eigenvalue weighted by molar-refractivity contribution is -0.137. The van der Waals surface area contributed by atoms with Crippen LogP contribution in [0, 0.1) is 5.92 Å². The van der Waals surface area contributed by atoms with Gasteiger partial charge in [-0.15, -0.1) is 0 Å². The molecule has 0 heterocycles. The molecule has 0 saturated heterocycles. The molecule has 1 aliphatic rings. The Bertz CT molecular complexity index is 544. The number of rotatable bonds is 7. The summed E-state index contributed by atoms with van der Waals surface area (Å²) in [6.07, 6.45) is -1.40. The van der Waals surface area contributed by atoms with Crippen LogP contribution in [0.4, 0.5) is 13.2 Å². The zero-order chi connectivity index (χ0) is 17.0. The highest BCUT2D eigenvalue weighted by molar-refractivity contribution is 7.98. The van der Waals surface area contributed by atoms with E-state index in [1.54, 1.807) is 17.8 Å². The maximum atomic E-state index is 12.7. The molecule has 0 aromatic heterocycles. The maximum Gasteiger partial charge on any atom is 0.416 e. The van der Waals surface area contributed by atoms with Crippen LogP contribution < -0.4 is 5.32 Å². The largest absolute Gasteiger partial charge is 0.416 e. The van der Waals surface area contributed by atoms with Crippen molar-refractivity contribution in [3.05, 3.63) is 35.4 Å². The van der Waals surface area contributed by atoms with E-state index in [1.165, 1.54) is 6.07 Å². The Hall–Kier alpha value is -1.21. The van der Waals surface area contributed by atoms with Crippen LogP contribution >= 0.6 is 11.8 Å². The summed E-state index contributed by atoms with van der Waals surface area (Å²) in [5.74, 6) is 0.135. The molecule has 1 aliphatic carbocycles. The molecule has 3 nitrogen and oxygen atoms in total. The van der Waals surface area contributed by atoms with Crippen LogP contribution in [0.3, 0.4) is 0 Å². The number of amides is 1. The molecule has 3 unspecified atom stereocenters. The van der Waals surface area contributed by atoms with Crippen LogP contribution in [0.25, 0.3) is 0 Å². The fourth-order valence-electron chi connectivity index (χ4n) is 2.66. The number of hydrogen-bond acceptors (Lipinski definition) is 3. The average Bonchev–Trinajstić information content (AvgIpc) is 3.27. The molecular weight excluding hydrogens is 327 g/mol. The molecule has 3 atom stereocenters. The van der Waals surface area contributed by atoms with Crippen LogP contribution in [0.5, 0.6) is 0 Å². The van der Waals surface area contributed by atoms with E-state index in [1.807, 2.05) is 6.26 Å². The van der Waals surface area contributed by atoms with E-state index in [4.69, 9.17) is 5.11 Å². The molecule has 1 aromatic carbocycles. The van der Waals surface area contributed by atoms with Gasteiger partial charge in [0, 0.05) is 24.3 Å². The van der Waals surface area contributed by atoms with E-state index in [9.17, 15) is 18.0 Å². The van der Waals surface area contributed by atoms with Gasteiger partial charge < -0.3 is 10.4 Å². The molecule has 23 heavy (non-hydrogen) atoms. The van der Waals surface area contributed by atoms with Crippen molar-refractivity contribution in [1.82, 2.24) is 5.32 Å². The fraction of sp³-hybridized carbons (Fsp3) is 0.562. The summed E-state index contributed by atoms with van der Waals surface area (Å²) in [5, 5.41) is 11.9. The van der Waals surface area contributed by atoms with Gasteiger partial charge in [-0.05, 0) is 36.6 Å². The van der Waals surface area contributed by atoms with Gasteiger partial charge in [0.1, 0.15) is 0 Å². The Kier molecular flexibility index (Phi) is 5.97. The predicted molar refractivity (Wildman–Crippen MR) is 84.3 cm³/mol. The minimum atomic E-state index is -4.37. The Morgan fingerprint density at radius 3 is 2.83 bits per heavy atom. The molecule has 0 bridgehead atoms. The van der Waals surface area contributed by atoms with Crippen LogP contribution in [0.15, 0.2) is 24.3 Å². The monoisotopic (exact) mass is 347 g/mol. The second-order valence-electron chi connectivity index (χ2n) is 5.75. The third kappa shape index (κ3) is 4.88. The molecular formula is C16H20F3NO2S. The summed E-state index contributed by atoms with van der Waals surface area (Å²) in [5.41, 5.74) is -0.120. The lowest BCUT2D eigenvalue weighted by Crippen LogP contribution is -2.38. The predicted octanol–water partition coefficient (Wildman–Crippen LogP) is 3.04. The van der Waals surface area contributed by atoms with E-state index in [2.05, 4.69) is 5.32 Å². The molecule has 128 valence electrons. The number of carbonyl (C=O) groups is 1. The van der Waals surface area contributed by atoms with E-state index < -0.39 is 11.7 Å². The number of hydrogen-bond donors (Lipinski definition) is 2. The standard InChI is InChI=1S/C16H20F3NO2S/c1-23-9-12(5-6-21)20-15(22)14-8-13(14)10-3-2-4-11(7-10)16(17,18)19/h2-4,7,12-14,21H,5-6,8-9H2,1H3,(H,20,22). The number of aliphatic hydroxyl groups excluding tert-OH is 1. The first kappa shape index (κ1) is 18.1. The molecule has 0 spiro atoms. The first-order valence-corrected chi connectivity index (χ1v) is 8.83. The smallest absolute Gasteiger partial charge is 0.396 e. The third-order valence-electron chi connectivity index (χ3n) is 3.96. The first-order valence-electron chi connectivity index (χ1n) is 7.44. The average molecular weight is 347 g/mol. The number of aliphatic hydroxyl groups is 1. The van der Waals surface area contributed by atoms with Gasteiger partial charge in [0.25, 0.3) is 0 Å². The highest BCUT2D eigenvalue weighted by Crippen LogP contribution is 2.48. The van der Waals surface area contributed by atoms with Gasteiger partial charge in [-0.25, -0.2) is 0 Å². The topological polar surface area (TPSA) is 49.3 Å². The van der Waals surface area contributed by atoms with Gasteiger partial charge in [0.05, 0.1) is 5.56 Å². The second kappa shape index (κ2) is 7.57. The van der Waals surface area contributed by atoms with Gasteiger partial charge in [0.15, 0.2) is 0 Å². The number of alkyl halides is 3. The summed E-state index contributed by atoms with van der Waals surface area (Å²) < 4.78 is 38.2. The highest BCUT2D eigenvalue weighted by atomic mass is 32.2. The van der Waals surface area contributed by atoms with Gasteiger partial charge in [-0.3, -0.25) is 4.79 Å². The number of benzene rings is 1. The summed E-state index contributed by atoms with van der Waals surface area (Å²) in [6, 6.07) is 5.08. The van der Waals surface area contributed by atoms with E-state index in [-0.39, 0.29) is 30.4 Å². The maximum absolute atomic E-state index is 12.7. The normalized spacial score (nSPS) is 21.8. The molecule has 1 aromatic rings. The summed E-state index contributed by atoms with van der Waals surface area (Å²) >= 11 is 1.57. The second-order valence-corrected chi connectivity index (χ2v) is 6.66. The van der Waals surface area contributed by atoms with Crippen LogP contribution in [0.1, 0.15) is 29.9 Å². The third-order valence-corrected chi connectivity index (χ3v) is 4.70. The van der Waals surface area contributed by atoms with Gasteiger partial charge in [-0.2, -0.15) is 24.9 Å². The molecule has 1 fully saturated rings. The lowest BCUT2D eigenvalue weighted by Gasteiger charge is -2.16. The van der Waals surface area contributed by atoms with Crippen molar-refractivity contribution in [3.63, 3.8) is 0 Å². The van der Waals surface area contributed by atoms with Crippen molar-refractivity contribution in [1.29, 1.82) is 0 Å². The first-order chi connectivity index (χ1) is 10.9. The molecule has 0 radical (unpaired) electrons. The highest BCUT2D eigenvalue weighted by Gasteiger charge is 2.45. The van der Waals surface area contributed by atoms with Crippen molar-refractivity contribution in [3.8, 4) is 0 Å². The van der Waals surface area contributed by atoms with E-state index in [0.29, 0.717) is 24.2 Å². The Balaban J connectivity index is 1.97. The van der Waals surface area contributed by atoms with Crippen molar-refractivity contribution < 1.29 is 23.1 Å². The van der Waals surface area contributed by atoms with Gasteiger partial charge in [-0.1, -0.05) is 18.2 Å². The van der Waals surface area contributed by atoms with Gasteiger partial charge in [0.2, 0.25) is 5.91 Å². The quantitative estimate of drug-likeness (QED) is 0.797. The van der Waals surface area contributed by atoms with Crippen LogP contribution in [-0.4, -0.2) is 35.7 Å². The minimum Gasteiger partial charge on any atom is -0.396 e. The Labute approximate surface area is 137 Å². The molecule has 2 N–H and O–H groups in total. The molecule has 1 amide bonds. The zero-order valence-electron chi connectivity index (χ0n) is 12.8. The van der Waals surface area contributed by atoms with E-state index >= 15 is 0 Å². The number of thioether (sulfide) groups is 1. The van der Waals surface area contributed by atoms with Crippen molar-refractivity contribution >= 4 is 17.7 Å². The molecule has 2 rings (SSSR count). The van der Waals surface area contributed by atoms with Crippen LogP contribution in [-0.2, 0) is 11.0 Å². The lowest BCUT2D eigenvalue weighted by atomic mass is 10.1. The van der Waals surface area contributed by atoms with Gasteiger partial charge >= 0.3 is 6.18 Å². The Morgan fingerprint density at radius 2 is 2.22 bits per heavy atom. The minimum absolute atomic E-state index is 0.00672. The number of carbonyl (C=O) groups excluding carboxylic acids is 1. The molecule has 1 saturated carbocycles. The number of nitrogens with one attached hydrogen (secondary N) is 1. The van der Waals surface area contributed by atoms with Crippen molar-refractivity contribution in [2.75, 3.05) is 18.6 Å². The molecule has 0 aliphatic heterocycles. The van der Waals surface area contributed by atoms with E-state index in [0.717, 1.165) is 12.1 Å². The van der Waals surface area contributed by atoms with Crippen molar-refractivity contribution in [2.24, 2.45) is 5.92 Å². The zero-order valence-corrected chi connectivity index (χ0v) is 13.6. The Morgan fingerprint density at radius 1 is 1.48 bits per heavy atom.